The number of hydrogen-bond donors (Lipinski definition) is 2. The van der Waals surface area contributed by atoms with E-state index < -0.39 is 27.2 Å². The van der Waals surface area contributed by atoms with Crippen LogP contribution < -0.4 is 15.0 Å². The molecular formula is C27H25F2N7O4S2. The molecular weight excluding hydrogens is 588 g/mol. The maximum absolute atomic E-state index is 15.3. The van der Waals surface area contributed by atoms with Gasteiger partial charge in [0, 0.05) is 30.4 Å². The molecule has 0 radical (unpaired) electrons. The van der Waals surface area contributed by atoms with E-state index in [2.05, 4.69) is 25.5 Å². The van der Waals surface area contributed by atoms with Gasteiger partial charge >= 0.3 is 0 Å². The lowest BCUT2D eigenvalue weighted by Crippen LogP contribution is -2.37. The van der Waals surface area contributed by atoms with Gasteiger partial charge in [0.05, 0.1) is 41.4 Å². The number of nitrogens with one attached hydrogen (secondary N) is 2. The third-order valence-electron chi connectivity index (χ3n) is 6.30. The zero-order valence-electron chi connectivity index (χ0n) is 22.5. The lowest BCUT2D eigenvalue weighted by molar-refractivity contribution is 0.122. The summed E-state index contributed by atoms with van der Waals surface area (Å²) in [6.45, 7) is 3.94. The zero-order chi connectivity index (χ0) is 29.9. The highest BCUT2D eigenvalue weighted by Crippen LogP contribution is 2.39. The van der Waals surface area contributed by atoms with Gasteiger partial charge in [-0.05, 0) is 43.0 Å². The van der Waals surface area contributed by atoms with E-state index in [0.29, 0.717) is 49.5 Å². The summed E-state index contributed by atoms with van der Waals surface area (Å²) < 4.78 is 66.9. The summed E-state index contributed by atoms with van der Waals surface area (Å²) in [6.07, 6.45) is 0. The molecule has 15 heteroatoms. The molecule has 0 saturated carbocycles. The smallest absolute Gasteiger partial charge is 0.204 e. The number of methoxy groups -OCH3 is 1. The van der Waals surface area contributed by atoms with E-state index in [9.17, 15) is 12.8 Å². The lowest BCUT2D eigenvalue weighted by Gasteiger charge is -2.29. The Balaban J connectivity index is 1.46. The van der Waals surface area contributed by atoms with Gasteiger partial charge in [-0.3, -0.25) is 5.10 Å². The largest absolute Gasteiger partial charge is 0.490 e. The molecule has 1 saturated heterocycles. The Morgan fingerprint density at radius 3 is 2.64 bits per heavy atom. The Morgan fingerprint density at radius 2 is 1.98 bits per heavy atom. The molecule has 1 aliphatic heterocycles. The normalized spacial score (nSPS) is 13.5. The number of nitriles is 1. The summed E-state index contributed by atoms with van der Waals surface area (Å²) in [7, 11) is -2.63. The Morgan fingerprint density at radius 1 is 1.19 bits per heavy atom. The van der Waals surface area contributed by atoms with Gasteiger partial charge in [0.1, 0.15) is 17.7 Å². The first-order valence-corrected chi connectivity index (χ1v) is 15.1. The first-order valence-electron chi connectivity index (χ1n) is 12.6. The number of aryl methyl sites for hydroxylation is 1. The van der Waals surface area contributed by atoms with E-state index in [1.165, 1.54) is 37.4 Å². The molecule has 0 bridgehead atoms. The number of ether oxygens (including phenoxy) is 2. The fourth-order valence-corrected chi connectivity index (χ4v) is 6.37. The third kappa shape index (κ3) is 6.30. The Hall–Kier alpha value is -4.26. The molecule has 0 unspecified atom stereocenters. The van der Waals surface area contributed by atoms with Gasteiger partial charge in [-0.1, -0.05) is 12.1 Å². The molecule has 1 aliphatic rings. The molecule has 4 aromatic rings. The highest BCUT2D eigenvalue weighted by Gasteiger charge is 2.25. The van der Waals surface area contributed by atoms with Gasteiger partial charge < -0.3 is 19.7 Å². The average Bonchev–Trinajstić information content (AvgIpc) is 3.39. The van der Waals surface area contributed by atoms with E-state index in [1.807, 2.05) is 11.8 Å². The van der Waals surface area contributed by atoms with Crippen LogP contribution >= 0.6 is 11.8 Å². The summed E-state index contributed by atoms with van der Waals surface area (Å²) in [6, 6.07) is 10.8. The van der Waals surface area contributed by atoms with E-state index in [1.54, 1.807) is 12.1 Å². The van der Waals surface area contributed by atoms with Crippen molar-refractivity contribution >= 4 is 39.1 Å². The van der Waals surface area contributed by atoms with E-state index in [0.717, 1.165) is 23.5 Å². The van der Waals surface area contributed by atoms with E-state index in [4.69, 9.17) is 14.7 Å². The van der Waals surface area contributed by atoms with Gasteiger partial charge in [-0.2, -0.15) is 10.4 Å². The fraction of sp³-hybridized carbons (Fsp3) is 0.259. The van der Waals surface area contributed by atoms with Gasteiger partial charge in [0.2, 0.25) is 5.75 Å². The molecule has 2 N–H and O–H groups in total. The lowest BCUT2D eigenvalue weighted by atomic mass is 10.1. The zero-order valence-corrected chi connectivity index (χ0v) is 24.2. The third-order valence-corrected chi connectivity index (χ3v) is 8.88. The molecule has 0 amide bonds. The van der Waals surface area contributed by atoms with Gasteiger partial charge in [0.15, 0.2) is 32.4 Å². The number of anilines is 3. The first-order chi connectivity index (χ1) is 20.2. The SMILES string of the molecule is COc1c(Nc2cc(C)[nH]n2)nc(Sc2ccc(S(=O)(=O)Cc3cccc(C#N)c3F)cc2F)nc1N1CCOCC1. The van der Waals surface area contributed by atoms with Gasteiger partial charge in [-0.15, -0.1) is 0 Å². The van der Waals surface area contributed by atoms with Crippen molar-refractivity contribution in [3.8, 4) is 11.8 Å². The Labute approximate surface area is 244 Å². The number of nitrogens with zero attached hydrogens (tertiary/aromatic N) is 5. The summed E-state index contributed by atoms with van der Waals surface area (Å²) in [4.78, 5) is 10.9. The number of morpholine rings is 1. The second kappa shape index (κ2) is 12.3. The van der Waals surface area contributed by atoms with Crippen molar-refractivity contribution in [2.75, 3.05) is 43.6 Å². The minimum absolute atomic E-state index is 0.0752. The van der Waals surface area contributed by atoms with Crippen LogP contribution in [0.5, 0.6) is 5.75 Å². The highest BCUT2D eigenvalue weighted by molar-refractivity contribution is 7.99. The number of aromatic nitrogens is 4. The Kier molecular flexibility index (Phi) is 8.57. The molecule has 11 nitrogen and oxygen atoms in total. The Bertz CT molecular complexity index is 1770. The van der Waals surface area contributed by atoms with Gasteiger partial charge in [0.25, 0.3) is 0 Å². The van der Waals surface area contributed by atoms with Crippen molar-refractivity contribution in [2.24, 2.45) is 0 Å². The van der Waals surface area contributed by atoms with Crippen LogP contribution in [0.4, 0.5) is 26.2 Å². The number of halogens is 2. The maximum Gasteiger partial charge on any atom is 0.204 e. The van der Waals surface area contributed by atoms with Crippen molar-refractivity contribution < 1.29 is 26.7 Å². The predicted octanol–water partition coefficient (Wildman–Crippen LogP) is 4.37. The molecule has 2 aromatic heterocycles. The van der Waals surface area contributed by atoms with Crippen LogP contribution in [0.15, 0.2) is 57.4 Å². The van der Waals surface area contributed by atoms with Crippen LogP contribution in [0, 0.1) is 29.9 Å². The second-order valence-electron chi connectivity index (χ2n) is 9.22. The number of rotatable bonds is 9. The van der Waals surface area contributed by atoms with Crippen LogP contribution in [0.1, 0.15) is 16.8 Å². The average molecular weight is 614 g/mol. The maximum atomic E-state index is 15.3. The van der Waals surface area contributed by atoms with Gasteiger partial charge in [-0.25, -0.2) is 27.2 Å². The van der Waals surface area contributed by atoms with Crippen LogP contribution in [0.2, 0.25) is 0 Å². The van der Waals surface area contributed by atoms with Crippen molar-refractivity contribution in [3.63, 3.8) is 0 Å². The van der Waals surface area contributed by atoms with Crippen LogP contribution in [-0.2, 0) is 20.3 Å². The summed E-state index contributed by atoms with van der Waals surface area (Å²) in [5, 5.41) is 19.4. The number of aromatic amines is 1. The molecule has 2 aromatic carbocycles. The fourth-order valence-electron chi connectivity index (χ4n) is 4.25. The minimum atomic E-state index is -4.13. The van der Waals surface area contributed by atoms with Crippen LogP contribution in [-0.4, -0.2) is 62.0 Å². The second-order valence-corrected chi connectivity index (χ2v) is 12.2. The molecule has 3 heterocycles. The monoisotopic (exact) mass is 613 g/mol. The molecule has 0 aliphatic carbocycles. The summed E-state index contributed by atoms with van der Waals surface area (Å²) >= 11 is 0.902. The molecule has 1 fully saturated rings. The molecule has 0 spiro atoms. The van der Waals surface area contributed by atoms with E-state index in [-0.39, 0.29) is 26.1 Å². The quantitative estimate of drug-likeness (QED) is 0.260. The number of hydrogen-bond acceptors (Lipinski definition) is 11. The van der Waals surface area contributed by atoms with Crippen molar-refractivity contribution in [2.45, 2.75) is 27.6 Å². The predicted molar refractivity (Wildman–Crippen MR) is 151 cm³/mol. The number of H-pyrrole nitrogens is 1. The summed E-state index contributed by atoms with van der Waals surface area (Å²) in [5.74, 6) is -0.816. The molecule has 0 atom stereocenters. The first kappa shape index (κ1) is 29.2. The van der Waals surface area contributed by atoms with Crippen LogP contribution in [0.25, 0.3) is 0 Å². The number of sulfone groups is 1. The van der Waals surface area contributed by atoms with Crippen molar-refractivity contribution in [1.82, 2.24) is 20.2 Å². The minimum Gasteiger partial charge on any atom is -0.490 e. The van der Waals surface area contributed by atoms with Crippen molar-refractivity contribution in [1.29, 1.82) is 5.26 Å². The molecule has 42 heavy (non-hydrogen) atoms. The standard InChI is InChI=1S/C27H25F2N7O4S2/c1-16-12-22(35-34-16)31-25-24(39-2)26(36-8-10-40-11-9-36)33-27(32-25)41-21-7-6-19(13-20(21)28)42(37,38)15-18-5-3-4-17(14-30)23(18)29/h3-7,12-13H,8-11,15H2,1-2H3,(H2,31,32,33,34,35). The molecule has 218 valence electrons. The summed E-state index contributed by atoms with van der Waals surface area (Å²) in [5.41, 5.74) is 0.376. The molecule has 5 rings (SSSR count). The topological polar surface area (TPSA) is 146 Å². The highest BCUT2D eigenvalue weighted by atomic mass is 32.2. The van der Waals surface area contributed by atoms with Crippen molar-refractivity contribution in [3.05, 3.63) is 70.9 Å². The van der Waals surface area contributed by atoms with Crippen LogP contribution in [0.3, 0.4) is 0 Å². The van der Waals surface area contributed by atoms with E-state index >= 15 is 4.39 Å². The number of benzene rings is 2.